The third-order valence-electron chi connectivity index (χ3n) is 3.41. The van der Waals surface area contributed by atoms with E-state index >= 15 is 0 Å². The molecule has 2 heteroatoms. The van der Waals surface area contributed by atoms with Crippen molar-refractivity contribution in [2.24, 2.45) is 0 Å². The Morgan fingerprint density at radius 3 is 2.25 bits per heavy atom. The summed E-state index contributed by atoms with van der Waals surface area (Å²) >= 11 is 0. The largest absolute Gasteiger partial charge is 0.489 e. The van der Waals surface area contributed by atoms with Crippen LogP contribution in [0.5, 0.6) is 5.75 Å². The van der Waals surface area contributed by atoms with Crippen LogP contribution in [-0.4, -0.2) is 5.78 Å². The molecule has 2 aromatic carbocycles. The molecule has 0 saturated heterocycles. The summed E-state index contributed by atoms with van der Waals surface area (Å²) in [5.74, 6) is 0.885. The minimum absolute atomic E-state index is 0.0872. The summed E-state index contributed by atoms with van der Waals surface area (Å²) in [6, 6.07) is 14.0. The van der Waals surface area contributed by atoms with Gasteiger partial charge in [-0.25, -0.2) is 0 Å². The highest BCUT2D eigenvalue weighted by Gasteiger charge is 2.05. The number of hydrogen-bond acceptors (Lipinski definition) is 2. The number of ether oxygens (including phenoxy) is 1. The Kier molecular flexibility index (Phi) is 4.57. The van der Waals surface area contributed by atoms with E-state index in [1.165, 1.54) is 5.56 Å². The Morgan fingerprint density at radius 1 is 1.05 bits per heavy atom. The second-order valence-electron chi connectivity index (χ2n) is 4.99. The van der Waals surface area contributed by atoms with E-state index in [0.717, 1.165) is 28.9 Å². The quantitative estimate of drug-likeness (QED) is 0.754. The lowest BCUT2D eigenvalue weighted by molar-refractivity contribution is 0.101. The lowest BCUT2D eigenvalue weighted by Gasteiger charge is -2.09. The zero-order chi connectivity index (χ0) is 14.5. The van der Waals surface area contributed by atoms with Gasteiger partial charge in [0.15, 0.2) is 5.78 Å². The number of carbonyl (C=O) groups excluding carboxylic acids is 1. The molecule has 0 N–H and O–H groups in total. The average Bonchev–Trinajstić information content (AvgIpc) is 2.45. The maximum atomic E-state index is 11.4. The van der Waals surface area contributed by atoms with E-state index in [2.05, 4.69) is 31.2 Å². The second kappa shape index (κ2) is 6.38. The van der Waals surface area contributed by atoms with Gasteiger partial charge in [-0.1, -0.05) is 31.2 Å². The minimum atomic E-state index is 0.0872. The molecule has 0 radical (unpaired) electrons. The van der Waals surface area contributed by atoms with Gasteiger partial charge in [-0.3, -0.25) is 4.79 Å². The minimum Gasteiger partial charge on any atom is -0.489 e. The molecule has 2 aromatic rings. The van der Waals surface area contributed by atoms with Crippen LogP contribution in [0.3, 0.4) is 0 Å². The smallest absolute Gasteiger partial charge is 0.160 e. The van der Waals surface area contributed by atoms with Crippen molar-refractivity contribution in [1.29, 1.82) is 0 Å². The first-order chi connectivity index (χ1) is 9.60. The van der Waals surface area contributed by atoms with Gasteiger partial charge in [0.2, 0.25) is 0 Å². The summed E-state index contributed by atoms with van der Waals surface area (Å²) in [6.07, 6.45) is 1.05. The summed E-state index contributed by atoms with van der Waals surface area (Å²) in [6.45, 7) is 6.20. The number of ketones is 1. The van der Waals surface area contributed by atoms with Gasteiger partial charge in [-0.2, -0.15) is 0 Å². The Balaban J connectivity index is 2.03. The molecule has 104 valence electrons. The second-order valence-corrected chi connectivity index (χ2v) is 4.99. The van der Waals surface area contributed by atoms with E-state index < -0.39 is 0 Å². The Bertz CT molecular complexity index is 597. The highest BCUT2D eigenvalue weighted by molar-refractivity contribution is 5.95. The molecule has 0 spiro atoms. The predicted octanol–water partition coefficient (Wildman–Crippen LogP) is 4.34. The molecule has 0 bridgehead atoms. The topological polar surface area (TPSA) is 26.3 Å². The van der Waals surface area contributed by atoms with Crippen molar-refractivity contribution in [2.45, 2.75) is 33.8 Å². The zero-order valence-electron chi connectivity index (χ0n) is 12.3. The molecular weight excluding hydrogens is 248 g/mol. The van der Waals surface area contributed by atoms with E-state index in [1.807, 2.05) is 25.1 Å². The maximum absolute atomic E-state index is 11.4. The fraction of sp³-hybridized carbons (Fsp3) is 0.278. The first-order valence-corrected chi connectivity index (χ1v) is 6.92. The van der Waals surface area contributed by atoms with Crippen molar-refractivity contribution in [2.75, 3.05) is 0 Å². The number of hydrogen-bond donors (Lipinski definition) is 0. The SMILES string of the molecule is CCc1ccc(COc2ccc(C(C)=O)c(C)c2)cc1. The van der Waals surface area contributed by atoms with E-state index in [1.54, 1.807) is 6.92 Å². The first kappa shape index (κ1) is 14.3. The molecule has 0 aliphatic carbocycles. The van der Waals surface area contributed by atoms with E-state index in [4.69, 9.17) is 4.74 Å². The fourth-order valence-electron chi connectivity index (χ4n) is 2.16. The summed E-state index contributed by atoms with van der Waals surface area (Å²) in [7, 11) is 0. The van der Waals surface area contributed by atoms with Crippen molar-refractivity contribution >= 4 is 5.78 Å². The van der Waals surface area contributed by atoms with Crippen LogP contribution in [0.2, 0.25) is 0 Å². The van der Waals surface area contributed by atoms with Crippen LogP contribution in [0.25, 0.3) is 0 Å². The molecule has 20 heavy (non-hydrogen) atoms. The van der Waals surface area contributed by atoms with Crippen LogP contribution in [0.1, 0.15) is 40.9 Å². The summed E-state index contributed by atoms with van der Waals surface area (Å²) < 4.78 is 5.77. The van der Waals surface area contributed by atoms with Crippen LogP contribution >= 0.6 is 0 Å². The predicted molar refractivity (Wildman–Crippen MR) is 81.3 cm³/mol. The summed E-state index contributed by atoms with van der Waals surface area (Å²) in [4.78, 5) is 11.4. The number of Topliss-reactive ketones (excluding diaryl/α,β-unsaturated/α-hetero) is 1. The molecule has 0 saturated carbocycles. The van der Waals surface area contributed by atoms with Crippen molar-refractivity contribution < 1.29 is 9.53 Å². The highest BCUT2D eigenvalue weighted by atomic mass is 16.5. The van der Waals surface area contributed by atoms with Gasteiger partial charge in [0.25, 0.3) is 0 Å². The summed E-state index contributed by atoms with van der Waals surface area (Å²) in [5.41, 5.74) is 4.19. The van der Waals surface area contributed by atoms with Crippen LogP contribution in [-0.2, 0) is 13.0 Å². The highest BCUT2D eigenvalue weighted by Crippen LogP contribution is 2.19. The Morgan fingerprint density at radius 2 is 1.70 bits per heavy atom. The summed E-state index contributed by atoms with van der Waals surface area (Å²) in [5, 5.41) is 0. The molecule has 0 atom stereocenters. The Labute approximate surface area is 120 Å². The van der Waals surface area contributed by atoms with Gasteiger partial charge < -0.3 is 4.74 Å². The fourth-order valence-corrected chi connectivity index (χ4v) is 2.16. The number of aryl methyl sites for hydroxylation is 2. The molecular formula is C18H20O2. The molecule has 0 aliphatic rings. The van der Waals surface area contributed by atoms with Crippen molar-refractivity contribution in [3.05, 3.63) is 64.7 Å². The maximum Gasteiger partial charge on any atom is 0.160 e. The lowest BCUT2D eigenvalue weighted by atomic mass is 10.1. The van der Waals surface area contributed by atoms with E-state index in [9.17, 15) is 4.79 Å². The third-order valence-corrected chi connectivity index (χ3v) is 3.41. The van der Waals surface area contributed by atoms with E-state index in [-0.39, 0.29) is 5.78 Å². The number of rotatable bonds is 5. The van der Waals surface area contributed by atoms with Crippen LogP contribution in [0.4, 0.5) is 0 Å². The molecule has 2 rings (SSSR count). The van der Waals surface area contributed by atoms with Gasteiger partial charge in [-0.05, 0) is 55.2 Å². The van der Waals surface area contributed by atoms with Crippen molar-refractivity contribution in [3.8, 4) is 5.75 Å². The van der Waals surface area contributed by atoms with Gasteiger partial charge in [0.05, 0.1) is 0 Å². The molecule has 0 amide bonds. The van der Waals surface area contributed by atoms with E-state index in [0.29, 0.717) is 6.61 Å². The van der Waals surface area contributed by atoms with Gasteiger partial charge in [0.1, 0.15) is 12.4 Å². The van der Waals surface area contributed by atoms with Crippen molar-refractivity contribution in [3.63, 3.8) is 0 Å². The first-order valence-electron chi connectivity index (χ1n) is 6.92. The number of benzene rings is 2. The van der Waals surface area contributed by atoms with Crippen LogP contribution in [0, 0.1) is 6.92 Å². The van der Waals surface area contributed by atoms with Gasteiger partial charge in [-0.15, -0.1) is 0 Å². The van der Waals surface area contributed by atoms with Crippen LogP contribution < -0.4 is 4.74 Å². The van der Waals surface area contributed by atoms with Crippen molar-refractivity contribution in [1.82, 2.24) is 0 Å². The normalized spacial score (nSPS) is 10.3. The standard InChI is InChI=1S/C18H20O2/c1-4-15-5-7-16(8-6-15)12-20-17-9-10-18(14(3)19)13(2)11-17/h5-11H,4,12H2,1-3H3. The molecule has 0 aliphatic heterocycles. The van der Waals surface area contributed by atoms with Gasteiger partial charge >= 0.3 is 0 Å². The monoisotopic (exact) mass is 268 g/mol. The number of carbonyl (C=O) groups is 1. The molecule has 2 nitrogen and oxygen atoms in total. The molecule has 0 fully saturated rings. The van der Waals surface area contributed by atoms with Crippen LogP contribution in [0.15, 0.2) is 42.5 Å². The lowest BCUT2D eigenvalue weighted by Crippen LogP contribution is -1.99. The molecule has 0 heterocycles. The average molecular weight is 268 g/mol. The Hall–Kier alpha value is -2.09. The van der Waals surface area contributed by atoms with Gasteiger partial charge in [0, 0.05) is 5.56 Å². The molecule has 0 unspecified atom stereocenters. The zero-order valence-corrected chi connectivity index (χ0v) is 12.3. The third kappa shape index (κ3) is 3.47. The molecule has 0 aromatic heterocycles.